The average molecular weight is 339 g/mol. The molecule has 112 valence electrons. The van der Waals surface area contributed by atoms with E-state index in [0.717, 1.165) is 0 Å². The Morgan fingerprint density at radius 3 is 2.77 bits per heavy atom. The van der Waals surface area contributed by atoms with E-state index >= 15 is 0 Å². The number of rotatable bonds is 3. The van der Waals surface area contributed by atoms with Gasteiger partial charge in [-0.05, 0) is 18.2 Å². The minimum Gasteiger partial charge on any atom is -0.423 e. The summed E-state index contributed by atoms with van der Waals surface area (Å²) in [6, 6.07) is 6.40. The first-order chi connectivity index (χ1) is 10.6. The quantitative estimate of drug-likeness (QED) is 0.500. The Bertz CT molecular complexity index is 827. The zero-order valence-corrected chi connectivity index (χ0v) is 12.3. The molecule has 3 aromatic rings. The van der Waals surface area contributed by atoms with Gasteiger partial charge in [0, 0.05) is 18.0 Å². The van der Waals surface area contributed by atoms with E-state index < -0.39 is 5.91 Å². The molecule has 0 aliphatic rings. The minimum atomic E-state index is -0.722. The number of pyridine rings is 1. The number of nitrogens with zero attached hydrogens (tertiary/aromatic N) is 2. The molecule has 22 heavy (non-hydrogen) atoms. The summed E-state index contributed by atoms with van der Waals surface area (Å²) in [5.74, 6) is -0.722. The lowest BCUT2D eigenvalue weighted by Gasteiger charge is -2.03. The number of fused-ring (bicyclic) bond motifs is 1. The van der Waals surface area contributed by atoms with E-state index in [0.29, 0.717) is 26.8 Å². The van der Waals surface area contributed by atoms with Gasteiger partial charge in [-0.3, -0.25) is 15.0 Å². The number of hydrogen-bond acceptors (Lipinski definition) is 6. The lowest BCUT2D eigenvalue weighted by molar-refractivity contribution is 0.0701. The zero-order valence-electron chi connectivity index (χ0n) is 10.8. The number of amides is 1. The molecule has 3 N–H and O–H groups in total. The molecule has 0 bridgehead atoms. The van der Waals surface area contributed by atoms with Crippen LogP contribution in [0.25, 0.3) is 11.1 Å². The standard InChI is InChI=1S/C13H8Cl2N4O3/c14-7-4-9-11(5-8(7)15)22-13(18-9)17-6-1-2-16-10(3-6)12(20)19-21/h1-5,21H,(H,19,20)(H,16,17,18). The summed E-state index contributed by atoms with van der Waals surface area (Å²) < 4.78 is 5.50. The van der Waals surface area contributed by atoms with E-state index in [1.165, 1.54) is 17.7 Å². The van der Waals surface area contributed by atoms with E-state index in [2.05, 4.69) is 15.3 Å². The lowest BCUT2D eigenvalue weighted by Crippen LogP contribution is -2.19. The number of nitrogens with one attached hydrogen (secondary N) is 2. The van der Waals surface area contributed by atoms with Crippen molar-refractivity contribution in [2.24, 2.45) is 0 Å². The molecule has 2 heterocycles. The number of carbonyl (C=O) groups excluding carboxylic acids is 1. The first-order valence-corrected chi connectivity index (χ1v) is 6.75. The molecule has 9 heteroatoms. The van der Waals surface area contributed by atoms with Gasteiger partial charge in [0.15, 0.2) is 5.58 Å². The molecule has 0 saturated carbocycles. The largest absolute Gasteiger partial charge is 0.423 e. The molecule has 0 saturated heterocycles. The Labute approximate surface area is 133 Å². The van der Waals surface area contributed by atoms with Crippen LogP contribution in [0.1, 0.15) is 10.5 Å². The summed E-state index contributed by atoms with van der Waals surface area (Å²) in [6.07, 6.45) is 1.41. The van der Waals surface area contributed by atoms with Gasteiger partial charge in [-0.25, -0.2) is 5.48 Å². The van der Waals surface area contributed by atoms with Crippen LogP contribution in [0, 0.1) is 0 Å². The SMILES string of the molecule is O=C(NO)c1cc(Nc2nc3cc(Cl)c(Cl)cc3o2)ccn1. The van der Waals surface area contributed by atoms with Gasteiger partial charge in [-0.1, -0.05) is 23.2 Å². The predicted molar refractivity (Wildman–Crippen MR) is 80.8 cm³/mol. The summed E-state index contributed by atoms with van der Waals surface area (Å²) in [7, 11) is 0. The average Bonchev–Trinajstić information content (AvgIpc) is 2.88. The number of benzene rings is 1. The molecule has 0 atom stereocenters. The van der Waals surface area contributed by atoms with Crippen LogP contribution in [0.4, 0.5) is 11.7 Å². The maximum Gasteiger partial charge on any atom is 0.300 e. The highest BCUT2D eigenvalue weighted by atomic mass is 35.5. The third-order valence-corrected chi connectivity index (χ3v) is 3.50. The Hall–Kier alpha value is -2.35. The van der Waals surface area contributed by atoms with Crippen LogP contribution in [-0.4, -0.2) is 21.1 Å². The van der Waals surface area contributed by atoms with Crippen molar-refractivity contribution in [2.45, 2.75) is 0 Å². The molecule has 0 fully saturated rings. The molecule has 7 nitrogen and oxygen atoms in total. The maximum absolute atomic E-state index is 11.3. The van der Waals surface area contributed by atoms with Crippen molar-refractivity contribution in [3.63, 3.8) is 0 Å². The number of hydroxylamine groups is 1. The van der Waals surface area contributed by atoms with Gasteiger partial charge in [-0.2, -0.15) is 4.98 Å². The fourth-order valence-electron chi connectivity index (χ4n) is 1.79. The normalized spacial score (nSPS) is 10.7. The molecule has 1 amide bonds. The van der Waals surface area contributed by atoms with E-state index in [1.54, 1.807) is 18.2 Å². The van der Waals surface area contributed by atoms with Crippen molar-refractivity contribution in [3.8, 4) is 0 Å². The smallest absolute Gasteiger partial charge is 0.300 e. The van der Waals surface area contributed by atoms with Crippen molar-refractivity contribution in [2.75, 3.05) is 5.32 Å². The zero-order chi connectivity index (χ0) is 15.7. The van der Waals surface area contributed by atoms with Crippen molar-refractivity contribution in [1.82, 2.24) is 15.4 Å². The van der Waals surface area contributed by atoms with Crippen LogP contribution in [0.5, 0.6) is 0 Å². The highest BCUT2D eigenvalue weighted by Gasteiger charge is 2.11. The number of aromatic nitrogens is 2. The second kappa shape index (κ2) is 5.80. The molecule has 0 aliphatic carbocycles. The third-order valence-electron chi connectivity index (χ3n) is 2.78. The molecule has 3 rings (SSSR count). The van der Waals surface area contributed by atoms with Crippen molar-refractivity contribution in [1.29, 1.82) is 0 Å². The van der Waals surface area contributed by atoms with Gasteiger partial charge in [0.05, 0.1) is 10.0 Å². The first-order valence-electron chi connectivity index (χ1n) is 6.00. The van der Waals surface area contributed by atoms with Gasteiger partial charge in [-0.15, -0.1) is 0 Å². The third kappa shape index (κ3) is 2.82. The minimum absolute atomic E-state index is 0.0368. The highest BCUT2D eigenvalue weighted by molar-refractivity contribution is 6.42. The topological polar surface area (TPSA) is 100 Å². The first kappa shape index (κ1) is 14.6. The van der Waals surface area contributed by atoms with Crippen LogP contribution >= 0.6 is 23.2 Å². The summed E-state index contributed by atoms with van der Waals surface area (Å²) in [5, 5.41) is 12.2. The van der Waals surface area contributed by atoms with Crippen molar-refractivity contribution in [3.05, 3.63) is 46.2 Å². The van der Waals surface area contributed by atoms with Crippen LogP contribution in [-0.2, 0) is 0 Å². The van der Waals surface area contributed by atoms with Crippen molar-refractivity contribution >= 4 is 51.9 Å². The number of halogens is 2. The lowest BCUT2D eigenvalue weighted by atomic mass is 10.3. The van der Waals surface area contributed by atoms with E-state index in [4.69, 9.17) is 32.8 Å². The number of carbonyl (C=O) groups is 1. The van der Waals surface area contributed by atoms with Gasteiger partial charge in [0.25, 0.3) is 11.9 Å². The number of oxazole rings is 1. The predicted octanol–water partition coefficient (Wildman–Crippen LogP) is 3.39. The molecule has 0 unspecified atom stereocenters. The second-order valence-corrected chi connectivity index (χ2v) is 5.06. The van der Waals surface area contributed by atoms with Gasteiger partial charge in [0.2, 0.25) is 0 Å². The fourth-order valence-corrected chi connectivity index (χ4v) is 2.10. The molecular formula is C13H8Cl2N4O3. The molecule has 2 aromatic heterocycles. The van der Waals surface area contributed by atoms with Crippen LogP contribution in [0.3, 0.4) is 0 Å². The molecule has 0 spiro atoms. The summed E-state index contributed by atoms with van der Waals surface area (Å²) in [4.78, 5) is 19.3. The summed E-state index contributed by atoms with van der Waals surface area (Å²) in [6.45, 7) is 0. The summed E-state index contributed by atoms with van der Waals surface area (Å²) in [5.41, 5.74) is 3.07. The van der Waals surface area contributed by atoms with Crippen molar-refractivity contribution < 1.29 is 14.4 Å². The van der Waals surface area contributed by atoms with E-state index in [-0.39, 0.29) is 11.7 Å². The fraction of sp³-hybridized carbons (Fsp3) is 0. The van der Waals surface area contributed by atoms with Gasteiger partial charge < -0.3 is 9.73 Å². The Morgan fingerprint density at radius 1 is 1.23 bits per heavy atom. The van der Waals surface area contributed by atoms with E-state index in [1.807, 2.05) is 0 Å². The number of hydrogen-bond donors (Lipinski definition) is 3. The molecular weight excluding hydrogens is 331 g/mol. The second-order valence-electron chi connectivity index (χ2n) is 4.25. The monoisotopic (exact) mass is 338 g/mol. The highest BCUT2D eigenvalue weighted by Crippen LogP contribution is 2.30. The Kier molecular flexibility index (Phi) is 3.84. The molecule has 0 radical (unpaired) electrons. The molecule has 0 aliphatic heterocycles. The molecule has 1 aromatic carbocycles. The van der Waals surface area contributed by atoms with Gasteiger partial charge in [0.1, 0.15) is 11.2 Å². The number of anilines is 2. The summed E-state index contributed by atoms with van der Waals surface area (Å²) >= 11 is 11.8. The van der Waals surface area contributed by atoms with Crippen LogP contribution in [0.15, 0.2) is 34.9 Å². The van der Waals surface area contributed by atoms with Crippen LogP contribution in [0.2, 0.25) is 10.0 Å². The Morgan fingerprint density at radius 2 is 2.00 bits per heavy atom. The van der Waals surface area contributed by atoms with Gasteiger partial charge >= 0.3 is 0 Å². The maximum atomic E-state index is 11.3. The van der Waals surface area contributed by atoms with Crippen LogP contribution < -0.4 is 10.8 Å². The Balaban J connectivity index is 1.91. The van der Waals surface area contributed by atoms with E-state index in [9.17, 15) is 4.79 Å².